The van der Waals surface area contributed by atoms with Gasteiger partial charge in [-0.25, -0.2) is 4.79 Å². The highest BCUT2D eigenvalue weighted by Crippen LogP contribution is 2.16. The fourth-order valence-electron chi connectivity index (χ4n) is 1.44. The lowest BCUT2D eigenvalue weighted by atomic mass is 10.1. The molecule has 0 aliphatic heterocycles. The summed E-state index contributed by atoms with van der Waals surface area (Å²) in [6.45, 7) is 2.20. The molecule has 18 heavy (non-hydrogen) atoms. The van der Waals surface area contributed by atoms with Crippen molar-refractivity contribution >= 4 is 27.8 Å². The molecule has 0 unspecified atom stereocenters. The van der Waals surface area contributed by atoms with Gasteiger partial charge in [-0.15, -0.1) is 0 Å². The number of carboxylic acid groups (broad SMARTS) is 1. The minimum Gasteiger partial charge on any atom is -0.478 e. The van der Waals surface area contributed by atoms with E-state index in [4.69, 9.17) is 9.84 Å². The highest BCUT2D eigenvalue weighted by Gasteiger charge is 2.13. The average Bonchev–Trinajstić information content (AvgIpc) is 2.28. The van der Waals surface area contributed by atoms with Gasteiger partial charge in [0.15, 0.2) is 0 Å². The van der Waals surface area contributed by atoms with Gasteiger partial charge in [0, 0.05) is 23.2 Å². The van der Waals surface area contributed by atoms with Gasteiger partial charge in [-0.3, -0.25) is 4.79 Å². The Hall–Kier alpha value is -1.40. The largest absolute Gasteiger partial charge is 0.478 e. The summed E-state index contributed by atoms with van der Waals surface area (Å²) in [5.74, 6) is -1.40. The molecule has 6 heteroatoms. The summed E-state index contributed by atoms with van der Waals surface area (Å²) in [4.78, 5) is 22.8. The second-order valence-corrected chi connectivity index (χ2v) is 4.78. The maximum absolute atomic E-state index is 11.9. The number of nitrogens with one attached hydrogen (secondary N) is 1. The molecule has 0 aromatic heterocycles. The van der Waals surface area contributed by atoms with Gasteiger partial charge in [-0.1, -0.05) is 15.9 Å². The quantitative estimate of drug-likeness (QED) is 0.870. The molecule has 0 fully saturated rings. The molecule has 0 heterocycles. The minimum absolute atomic E-state index is 0.0638. The highest BCUT2D eigenvalue weighted by molar-refractivity contribution is 9.10. The number of amides is 1. The molecule has 0 saturated heterocycles. The van der Waals surface area contributed by atoms with Gasteiger partial charge in [0.05, 0.1) is 12.2 Å². The second kappa shape index (κ2) is 6.51. The van der Waals surface area contributed by atoms with E-state index in [0.717, 1.165) is 0 Å². The van der Waals surface area contributed by atoms with Crippen molar-refractivity contribution in [3.05, 3.63) is 33.8 Å². The summed E-state index contributed by atoms with van der Waals surface area (Å²) in [7, 11) is 1.55. The van der Waals surface area contributed by atoms with Crippen molar-refractivity contribution in [2.24, 2.45) is 0 Å². The van der Waals surface area contributed by atoms with Crippen molar-refractivity contribution in [1.29, 1.82) is 0 Å². The highest BCUT2D eigenvalue weighted by atomic mass is 79.9. The molecular weight excluding hydrogens is 302 g/mol. The first-order valence-corrected chi connectivity index (χ1v) is 6.07. The third-order valence-electron chi connectivity index (χ3n) is 2.20. The Bertz CT molecular complexity index is 461. The van der Waals surface area contributed by atoms with Crippen LogP contribution in [0.2, 0.25) is 0 Å². The number of rotatable bonds is 5. The monoisotopic (exact) mass is 315 g/mol. The van der Waals surface area contributed by atoms with Crippen molar-refractivity contribution in [2.75, 3.05) is 13.7 Å². The first-order valence-electron chi connectivity index (χ1n) is 5.27. The van der Waals surface area contributed by atoms with E-state index in [1.807, 2.05) is 0 Å². The number of ether oxygens (including phenoxy) is 1. The van der Waals surface area contributed by atoms with Crippen LogP contribution in [0.15, 0.2) is 22.7 Å². The van der Waals surface area contributed by atoms with E-state index in [-0.39, 0.29) is 17.5 Å². The zero-order valence-corrected chi connectivity index (χ0v) is 11.7. The van der Waals surface area contributed by atoms with E-state index in [9.17, 15) is 9.59 Å². The van der Waals surface area contributed by atoms with Crippen LogP contribution in [0, 0.1) is 0 Å². The summed E-state index contributed by atoms with van der Waals surface area (Å²) in [5, 5.41) is 11.6. The van der Waals surface area contributed by atoms with Crippen LogP contribution in [0.1, 0.15) is 27.6 Å². The maximum Gasteiger partial charge on any atom is 0.335 e. The van der Waals surface area contributed by atoms with Crippen LogP contribution in [-0.4, -0.2) is 36.7 Å². The summed E-state index contributed by atoms with van der Waals surface area (Å²) < 4.78 is 5.46. The van der Waals surface area contributed by atoms with Crippen LogP contribution in [0.25, 0.3) is 0 Å². The summed E-state index contributed by atoms with van der Waals surface area (Å²) >= 11 is 3.18. The SMILES string of the molecule is COC[C@@H](C)NC(=O)c1cc(Br)cc(C(=O)O)c1. The minimum atomic E-state index is -1.07. The van der Waals surface area contributed by atoms with Crippen LogP contribution in [0.5, 0.6) is 0 Å². The molecular formula is C12H14BrNO4. The van der Waals surface area contributed by atoms with Crippen LogP contribution in [-0.2, 0) is 4.74 Å². The Morgan fingerprint density at radius 1 is 1.39 bits per heavy atom. The Morgan fingerprint density at radius 3 is 2.56 bits per heavy atom. The Morgan fingerprint density at radius 2 is 2.00 bits per heavy atom. The number of halogens is 1. The number of aromatic carboxylic acids is 1. The number of carbonyl (C=O) groups excluding carboxylic acids is 1. The molecule has 0 saturated carbocycles. The van der Waals surface area contributed by atoms with E-state index in [1.165, 1.54) is 12.1 Å². The molecule has 1 atom stereocenters. The molecule has 1 rings (SSSR count). The molecule has 0 aliphatic rings. The van der Waals surface area contributed by atoms with E-state index in [1.54, 1.807) is 20.1 Å². The normalized spacial score (nSPS) is 11.9. The van der Waals surface area contributed by atoms with Gasteiger partial charge >= 0.3 is 5.97 Å². The molecule has 1 amide bonds. The predicted molar refractivity (Wildman–Crippen MR) is 69.9 cm³/mol. The van der Waals surface area contributed by atoms with Gasteiger partial charge in [0.1, 0.15) is 0 Å². The van der Waals surface area contributed by atoms with Gasteiger partial charge in [-0.05, 0) is 25.1 Å². The number of hydrogen-bond acceptors (Lipinski definition) is 3. The number of carboxylic acids is 1. The molecule has 0 aliphatic carbocycles. The van der Waals surface area contributed by atoms with Gasteiger partial charge in [0.2, 0.25) is 0 Å². The smallest absolute Gasteiger partial charge is 0.335 e. The molecule has 5 nitrogen and oxygen atoms in total. The molecule has 0 spiro atoms. The van der Waals surface area contributed by atoms with Crippen LogP contribution < -0.4 is 5.32 Å². The first kappa shape index (κ1) is 14.7. The lowest BCUT2D eigenvalue weighted by Gasteiger charge is -2.13. The average molecular weight is 316 g/mol. The van der Waals surface area contributed by atoms with Crippen molar-refractivity contribution in [1.82, 2.24) is 5.32 Å². The van der Waals surface area contributed by atoms with E-state index >= 15 is 0 Å². The molecule has 98 valence electrons. The second-order valence-electron chi connectivity index (χ2n) is 3.86. The van der Waals surface area contributed by atoms with Gasteiger partial charge in [-0.2, -0.15) is 0 Å². The summed E-state index contributed by atoms with van der Waals surface area (Å²) in [5.41, 5.74) is 0.360. The van der Waals surface area contributed by atoms with Crippen LogP contribution in [0.3, 0.4) is 0 Å². The zero-order valence-electron chi connectivity index (χ0n) is 10.1. The Kier molecular flexibility index (Phi) is 5.30. The number of benzene rings is 1. The Balaban J connectivity index is 2.88. The maximum atomic E-state index is 11.9. The predicted octanol–water partition coefficient (Wildman–Crippen LogP) is 1.91. The summed E-state index contributed by atoms with van der Waals surface area (Å²) in [6, 6.07) is 4.20. The van der Waals surface area contributed by atoms with Crippen LogP contribution >= 0.6 is 15.9 Å². The summed E-state index contributed by atoms with van der Waals surface area (Å²) in [6.07, 6.45) is 0. The van der Waals surface area contributed by atoms with Gasteiger partial charge < -0.3 is 15.2 Å². The van der Waals surface area contributed by atoms with E-state index in [0.29, 0.717) is 16.6 Å². The number of methoxy groups -OCH3 is 1. The standard InChI is InChI=1S/C12H14BrNO4/c1-7(6-18-2)14-11(15)8-3-9(12(16)17)5-10(13)4-8/h3-5,7H,6H2,1-2H3,(H,14,15)(H,16,17)/t7-/m1/s1. The number of hydrogen-bond donors (Lipinski definition) is 2. The van der Waals surface area contributed by atoms with Crippen molar-refractivity contribution in [3.63, 3.8) is 0 Å². The topological polar surface area (TPSA) is 75.6 Å². The molecule has 1 aromatic rings. The van der Waals surface area contributed by atoms with Crippen LogP contribution in [0.4, 0.5) is 0 Å². The number of carbonyl (C=O) groups is 2. The molecule has 2 N–H and O–H groups in total. The molecule has 1 aromatic carbocycles. The lowest BCUT2D eigenvalue weighted by molar-refractivity contribution is 0.0697. The van der Waals surface area contributed by atoms with E-state index in [2.05, 4.69) is 21.2 Å². The Labute approximate surface area is 113 Å². The van der Waals surface area contributed by atoms with Crippen molar-refractivity contribution in [3.8, 4) is 0 Å². The fraction of sp³-hybridized carbons (Fsp3) is 0.333. The van der Waals surface area contributed by atoms with Gasteiger partial charge in [0.25, 0.3) is 5.91 Å². The molecule has 0 bridgehead atoms. The first-order chi connectivity index (χ1) is 8.43. The van der Waals surface area contributed by atoms with E-state index < -0.39 is 5.97 Å². The third-order valence-corrected chi connectivity index (χ3v) is 2.66. The fourth-order valence-corrected chi connectivity index (χ4v) is 1.94. The lowest BCUT2D eigenvalue weighted by Crippen LogP contribution is -2.35. The third kappa shape index (κ3) is 4.12. The zero-order chi connectivity index (χ0) is 13.7. The molecule has 0 radical (unpaired) electrons. The van der Waals surface area contributed by atoms with Crippen molar-refractivity contribution in [2.45, 2.75) is 13.0 Å². The van der Waals surface area contributed by atoms with Crippen molar-refractivity contribution < 1.29 is 19.4 Å².